The van der Waals surface area contributed by atoms with Crippen LogP contribution in [0.25, 0.3) is 11.4 Å². The van der Waals surface area contributed by atoms with Gasteiger partial charge in [0.15, 0.2) is 0 Å². The molecule has 4 rings (SSSR count). The third-order valence-corrected chi connectivity index (χ3v) is 5.04. The molecule has 1 fully saturated rings. The largest absolute Gasteiger partial charge is 0.339 e. The van der Waals surface area contributed by atoms with E-state index in [2.05, 4.69) is 26.1 Å². The number of amides is 1. The van der Waals surface area contributed by atoms with Crippen molar-refractivity contribution in [3.05, 3.63) is 57.0 Å². The first kappa shape index (κ1) is 14.6. The van der Waals surface area contributed by atoms with Crippen LogP contribution in [0.1, 0.15) is 22.2 Å². The van der Waals surface area contributed by atoms with Crippen molar-refractivity contribution in [2.75, 3.05) is 13.1 Å². The topological polar surface area (TPSA) is 59.2 Å². The van der Waals surface area contributed by atoms with Crippen LogP contribution in [0.5, 0.6) is 0 Å². The second kappa shape index (κ2) is 5.90. The van der Waals surface area contributed by atoms with Crippen LogP contribution in [0.3, 0.4) is 0 Å². The summed E-state index contributed by atoms with van der Waals surface area (Å²) in [4.78, 5) is 18.6. The highest BCUT2D eigenvalue weighted by atomic mass is 79.9. The number of carbonyl (C=O) groups excluding carboxylic acids is 1. The Kier molecular flexibility index (Phi) is 3.74. The van der Waals surface area contributed by atoms with Crippen molar-refractivity contribution in [1.29, 1.82) is 0 Å². The summed E-state index contributed by atoms with van der Waals surface area (Å²) in [5, 5.41) is 7.98. The van der Waals surface area contributed by atoms with Gasteiger partial charge in [0.25, 0.3) is 5.91 Å². The number of hydrogen-bond donors (Lipinski definition) is 0. The first-order valence-electron chi connectivity index (χ1n) is 7.12. The van der Waals surface area contributed by atoms with Crippen molar-refractivity contribution in [3.63, 3.8) is 0 Å². The zero-order valence-corrected chi connectivity index (χ0v) is 14.4. The number of aromatic nitrogens is 2. The Hall–Kier alpha value is -1.99. The molecule has 23 heavy (non-hydrogen) atoms. The van der Waals surface area contributed by atoms with E-state index in [1.54, 1.807) is 16.2 Å². The Bertz CT molecular complexity index is 823. The molecule has 0 saturated carbocycles. The Morgan fingerprint density at radius 1 is 1.26 bits per heavy atom. The van der Waals surface area contributed by atoms with Crippen LogP contribution in [-0.2, 0) is 0 Å². The number of halogens is 1. The van der Waals surface area contributed by atoms with Crippen LogP contribution >= 0.6 is 27.3 Å². The molecule has 3 heterocycles. The van der Waals surface area contributed by atoms with E-state index in [0.717, 1.165) is 10.0 Å². The zero-order valence-electron chi connectivity index (χ0n) is 12.0. The molecular weight excluding hydrogens is 378 g/mol. The van der Waals surface area contributed by atoms with Crippen LogP contribution in [-0.4, -0.2) is 34.0 Å². The predicted molar refractivity (Wildman–Crippen MR) is 90.4 cm³/mol. The molecule has 7 heteroatoms. The smallest absolute Gasteiger partial charge is 0.253 e. The fourth-order valence-electron chi connectivity index (χ4n) is 2.49. The fraction of sp³-hybridized carbons (Fsp3) is 0.188. The molecule has 2 aromatic heterocycles. The molecule has 0 radical (unpaired) electrons. The Morgan fingerprint density at radius 3 is 2.74 bits per heavy atom. The minimum atomic E-state index is 0.0336. The van der Waals surface area contributed by atoms with E-state index in [4.69, 9.17) is 4.52 Å². The van der Waals surface area contributed by atoms with Gasteiger partial charge in [-0.25, -0.2) is 0 Å². The molecule has 116 valence electrons. The zero-order chi connectivity index (χ0) is 15.8. The lowest BCUT2D eigenvalue weighted by Gasteiger charge is -2.37. The van der Waals surface area contributed by atoms with Crippen LogP contribution in [0, 0.1) is 0 Å². The quantitative estimate of drug-likeness (QED) is 0.683. The van der Waals surface area contributed by atoms with E-state index in [9.17, 15) is 4.79 Å². The third-order valence-electron chi connectivity index (χ3n) is 3.83. The van der Waals surface area contributed by atoms with E-state index in [-0.39, 0.29) is 11.8 Å². The number of benzene rings is 1. The molecule has 0 N–H and O–H groups in total. The Balaban J connectivity index is 1.41. The maximum atomic E-state index is 12.4. The van der Waals surface area contributed by atoms with E-state index in [0.29, 0.717) is 30.4 Å². The molecule has 1 aliphatic rings. The molecule has 0 unspecified atom stereocenters. The van der Waals surface area contributed by atoms with Crippen molar-refractivity contribution < 1.29 is 9.32 Å². The van der Waals surface area contributed by atoms with Crippen molar-refractivity contribution in [2.45, 2.75) is 5.92 Å². The highest BCUT2D eigenvalue weighted by Gasteiger charge is 2.36. The van der Waals surface area contributed by atoms with Crippen LogP contribution in [0.15, 0.2) is 50.1 Å². The van der Waals surface area contributed by atoms with Gasteiger partial charge < -0.3 is 9.42 Å². The minimum Gasteiger partial charge on any atom is -0.339 e. The van der Waals surface area contributed by atoms with Gasteiger partial charge in [-0.2, -0.15) is 16.3 Å². The first-order chi connectivity index (χ1) is 11.2. The third kappa shape index (κ3) is 2.82. The maximum Gasteiger partial charge on any atom is 0.253 e. The summed E-state index contributed by atoms with van der Waals surface area (Å²) >= 11 is 4.97. The van der Waals surface area contributed by atoms with E-state index in [1.165, 1.54) is 0 Å². The number of hydrogen-bond acceptors (Lipinski definition) is 5. The maximum absolute atomic E-state index is 12.4. The van der Waals surface area contributed by atoms with E-state index >= 15 is 0 Å². The molecule has 1 aromatic carbocycles. The highest BCUT2D eigenvalue weighted by Crippen LogP contribution is 2.29. The lowest BCUT2D eigenvalue weighted by Crippen LogP contribution is -2.48. The number of thiophene rings is 1. The van der Waals surface area contributed by atoms with Gasteiger partial charge in [-0.15, -0.1) is 0 Å². The Labute approximate surface area is 145 Å². The average Bonchev–Trinajstić information content (AvgIpc) is 3.17. The highest BCUT2D eigenvalue weighted by molar-refractivity contribution is 9.10. The average molecular weight is 390 g/mol. The summed E-state index contributed by atoms with van der Waals surface area (Å²) in [6.45, 7) is 1.22. The van der Waals surface area contributed by atoms with Crippen LogP contribution < -0.4 is 0 Å². The van der Waals surface area contributed by atoms with Crippen molar-refractivity contribution in [1.82, 2.24) is 15.0 Å². The lowest BCUT2D eigenvalue weighted by atomic mass is 9.99. The fourth-order valence-corrected chi connectivity index (χ4v) is 3.38. The second-order valence-corrected chi connectivity index (χ2v) is 7.08. The number of carbonyl (C=O) groups is 1. The number of likely N-dealkylation sites (tertiary alicyclic amines) is 1. The van der Waals surface area contributed by atoms with Gasteiger partial charge in [0.1, 0.15) is 0 Å². The first-order valence-corrected chi connectivity index (χ1v) is 8.85. The van der Waals surface area contributed by atoms with Gasteiger partial charge in [0.2, 0.25) is 11.7 Å². The van der Waals surface area contributed by atoms with Gasteiger partial charge in [0.05, 0.1) is 5.92 Å². The lowest BCUT2D eigenvalue weighted by molar-refractivity contribution is 0.0569. The summed E-state index contributed by atoms with van der Waals surface area (Å²) in [5.41, 5.74) is 1.66. The van der Waals surface area contributed by atoms with E-state index in [1.807, 2.05) is 41.1 Å². The monoisotopic (exact) mass is 389 g/mol. The molecule has 1 saturated heterocycles. The standard InChI is InChI=1S/C16H12BrN3O2S/c17-13-3-1-10(2-4-13)16(21)20-7-12(8-20)15-18-14(19-22-15)11-5-6-23-9-11/h1-6,9,12H,7-8H2. The number of rotatable bonds is 3. The SMILES string of the molecule is O=C(c1ccc(Br)cc1)N1CC(c2nc(-c3ccsc3)no2)C1. The molecule has 0 bridgehead atoms. The summed E-state index contributed by atoms with van der Waals surface area (Å²) in [5.74, 6) is 1.37. The van der Waals surface area contributed by atoms with Gasteiger partial charge >= 0.3 is 0 Å². The van der Waals surface area contributed by atoms with Gasteiger partial charge in [-0.1, -0.05) is 21.1 Å². The molecule has 5 nitrogen and oxygen atoms in total. The Morgan fingerprint density at radius 2 is 2.04 bits per heavy atom. The molecule has 1 amide bonds. The molecule has 0 aliphatic carbocycles. The summed E-state index contributed by atoms with van der Waals surface area (Å²) in [6.07, 6.45) is 0. The molecule has 3 aromatic rings. The van der Waals surface area contributed by atoms with Crippen LogP contribution in [0.2, 0.25) is 0 Å². The van der Waals surface area contributed by atoms with Gasteiger partial charge in [-0.3, -0.25) is 4.79 Å². The normalized spacial score (nSPS) is 14.7. The summed E-state index contributed by atoms with van der Waals surface area (Å²) < 4.78 is 6.30. The summed E-state index contributed by atoms with van der Waals surface area (Å²) in [7, 11) is 0. The molecular formula is C16H12BrN3O2S. The van der Waals surface area contributed by atoms with Crippen molar-refractivity contribution >= 4 is 33.2 Å². The van der Waals surface area contributed by atoms with E-state index < -0.39 is 0 Å². The van der Waals surface area contributed by atoms with Gasteiger partial charge in [0, 0.05) is 34.1 Å². The van der Waals surface area contributed by atoms with Crippen molar-refractivity contribution in [2.24, 2.45) is 0 Å². The molecule has 1 aliphatic heterocycles. The molecule has 0 atom stereocenters. The second-order valence-electron chi connectivity index (χ2n) is 5.38. The summed E-state index contributed by atoms with van der Waals surface area (Å²) in [6, 6.07) is 9.34. The number of nitrogens with zero attached hydrogens (tertiary/aromatic N) is 3. The predicted octanol–water partition coefficient (Wildman–Crippen LogP) is 3.80. The minimum absolute atomic E-state index is 0.0336. The van der Waals surface area contributed by atoms with Crippen molar-refractivity contribution in [3.8, 4) is 11.4 Å². The van der Waals surface area contributed by atoms with Gasteiger partial charge in [-0.05, 0) is 35.7 Å². The van der Waals surface area contributed by atoms with Crippen LogP contribution in [0.4, 0.5) is 0 Å². The molecule has 0 spiro atoms.